The lowest BCUT2D eigenvalue weighted by Crippen LogP contribution is -2.49. The number of likely N-dealkylation sites (tertiary alicyclic amines) is 1. The third kappa shape index (κ3) is 3.85. The number of carbonyl (C=O) groups excluding carboxylic acids is 2. The Balaban J connectivity index is 1.30. The Morgan fingerprint density at radius 3 is 2.74 bits per heavy atom. The minimum absolute atomic E-state index is 0.0975. The van der Waals surface area contributed by atoms with Crippen molar-refractivity contribution < 1.29 is 29.3 Å². The van der Waals surface area contributed by atoms with Gasteiger partial charge in [-0.2, -0.15) is 0 Å². The van der Waals surface area contributed by atoms with Gasteiger partial charge in [0.15, 0.2) is 23.8 Å². The number of hydrogen-bond acceptors (Lipinski definition) is 10. The predicted molar refractivity (Wildman–Crippen MR) is 117 cm³/mol. The quantitative estimate of drug-likeness (QED) is 0.425. The first-order chi connectivity index (χ1) is 16.5. The van der Waals surface area contributed by atoms with Crippen LogP contribution < -0.4 is 5.73 Å². The SMILES string of the molecule is Nc1ncnc2c1ncn2[C@@H]1O[C@H](C(=O)N2CCC[C@@H]2C(=O)OCc2ccccc2)[C@@H](O)[C@H]1O. The highest BCUT2D eigenvalue weighted by Crippen LogP contribution is 2.34. The largest absolute Gasteiger partial charge is 0.459 e. The maximum Gasteiger partial charge on any atom is 0.329 e. The molecule has 34 heavy (non-hydrogen) atoms. The number of carbonyl (C=O) groups is 2. The average molecular weight is 468 g/mol. The van der Waals surface area contributed by atoms with Crippen molar-refractivity contribution >= 4 is 28.9 Å². The summed E-state index contributed by atoms with van der Waals surface area (Å²) in [6, 6.07) is 8.45. The molecule has 12 nitrogen and oxygen atoms in total. The van der Waals surface area contributed by atoms with Crippen LogP contribution in [0.3, 0.4) is 0 Å². The lowest BCUT2D eigenvalue weighted by atomic mass is 10.1. The van der Waals surface area contributed by atoms with Crippen LogP contribution in [0.15, 0.2) is 43.0 Å². The number of imidazole rings is 1. The van der Waals surface area contributed by atoms with E-state index in [-0.39, 0.29) is 12.4 Å². The summed E-state index contributed by atoms with van der Waals surface area (Å²) >= 11 is 0. The molecule has 2 aliphatic rings. The summed E-state index contributed by atoms with van der Waals surface area (Å²) in [5.74, 6) is -0.961. The summed E-state index contributed by atoms with van der Waals surface area (Å²) in [5.41, 5.74) is 7.25. The Labute approximate surface area is 193 Å². The van der Waals surface area contributed by atoms with E-state index in [9.17, 15) is 19.8 Å². The summed E-state index contributed by atoms with van der Waals surface area (Å²) in [5, 5.41) is 21.3. The standard InChI is InChI=1S/C22H24N6O6/c23-18-14-19(25-10-24-18)28(11-26-14)21-16(30)15(29)17(34-21)20(31)27-8-4-7-13(27)22(32)33-9-12-5-2-1-3-6-12/h1-3,5-6,10-11,13,15-17,21,29-30H,4,7-9H2,(H2,23,24,25)/t13-,15+,16-,17+,21-/m1/s1. The summed E-state index contributed by atoms with van der Waals surface area (Å²) < 4.78 is 12.6. The number of ether oxygens (including phenoxy) is 2. The normalized spacial score (nSPS) is 26.8. The maximum atomic E-state index is 13.3. The molecule has 5 rings (SSSR count). The van der Waals surface area contributed by atoms with Crippen molar-refractivity contribution in [3.05, 3.63) is 48.5 Å². The number of fused-ring (bicyclic) bond motifs is 1. The van der Waals surface area contributed by atoms with Gasteiger partial charge in [-0.15, -0.1) is 0 Å². The number of nitrogens with two attached hydrogens (primary N) is 1. The first kappa shape index (κ1) is 22.2. The molecule has 1 amide bonds. The van der Waals surface area contributed by atoms with E-state index in [1.165, 1.54) is 22.1 Å². The van der Waals surface area contributed by atoms with E-state index in [0.29, 0.717) is 30.6 Å². The minimum Gasteiger partial charge on any atom is -0.459 e. The highest BCUT2D eigenvalue weighted by atomic mass is 16.6. The van der Waals surface area contributed by atoms with Crippen LogP contribution in [-0.4, -0.2) is 77.4 Å². The molecule has 4 heterocycles. The van der Waals surface area contributed by atoms with Gasteiger partial charge in [-0.25, -0.2) is 19.7 Å². The van der Waals surface area contributed by atoms with Crippen LogP contribution in [-0.2, 0) is 25.7 Å². The number of esters is 1. The van der Waals surface area contributed by atoms with Crippen molar-refractivity contribution in [3.8, 4) is 0 Å². The molecule has 0 saturated carbocycles. The fourth-order valence-electron chi connectivity index (χ4n) is 4.41. The van der Waals surface area contributed by atoms with Crippen molar-refractivity contribution in [2.75, 3.05) is 12.3 Å². The van der Waals surface area contributed by atoms with Gasteiger partial charge in [-0.3, -0.25) is 9.36 Å². The zero-order valence-electron chi connectivity index (χ0n) is 18.1. The first-order valence-corrected chi connectivity index (χ1v) is 10.9. The Bertz CT molecular complexity index is 1200. The van der Waals surface area contributed by atoms with Crippen LogP contribution in [0.5, 0.6) is 0 Å². The van der Waals surface area contributed by atoms with Crippen molar-refractivity contribution in [1.29, 1.82) is 0 Å². The van der Waals surface area contributed by atoms with E-state index in [4.69, 9.17) is 15.2 Å². The molecule has 2 aromatic heterocycles. The molecule has 2 saturated heterocycles. The molecular formula is C22H24N6O6. The van der Waals surface area contributed by atoms with Gasteiger partial charge in [-0.05, 0) is 18.4 Å². The fraction of sp³-hybridized carbons (Fsp3) is 0.409. The summed E-state index contributed by atoms with van der Waals surface area (Å²) in [6.45, 7) is 0.412. The highest BCUT2D eigenvalue weighted by Gasteiger charge is 2.51. The molecule has 0 spiro atoms. The Hall–Kier alpha value is -3.61. The molecule has 4 N–H and O–H groups in total. The average Bonchev–Trinajstić information content (AvgIpc) is 3.57. The molecule has 2 aliphatic heterocycles. The zero-order valence-corrected chi connectivity index (χ0v) is 18.1. The van der Waals surface area contributed by atoms with E-state index in [1.807, 2.05) is 30.3 Å². The molecule has 0 aliphatic carbocycles. The number of benzene rings is 1. The topological polar surface area (TPSA) is 166 Å². The minimum atomic E-state index is -1.52. The summed E-state index contributed by atoms with van der Waals surface area (Å²) in [7, 11) is 0. The Morgan fingerprint density at radius 2 is 1.94 bits per heavy atom. The van der Waals surface area contributed by atoms with Gasteiger partial charge in [0.2, 0.25) is 0 Å². The molecule has 5 atom stereocenters. The van der Waals surface area contributed by atoms with Gasteiger partial charge in [0.1, 0.15) is 36.7 Å². The molecule has 0 radical (unpaired) electrons. The number of anilines is 1. The van der Waals surface area contributed by atoms with Gasteiger partial charge in [0.05, 0.1) is 6.33 Å². The monoisotopic (exact) mass is 468 g/mol. The molecular weight excluding hydrogens is 444 g/mol. The highest BCUT2D eigenvalue weighted by molar-refractivity contribution is 5.88. The first-order valence-electron chi connectivity index (χ1n) is 10.9. The molecule has 3 aromatic rings. The van der Waals surface area contributed by atoms with Crippen LogP contribution in [0.4, 0.5) is 5.82 Å². The summed E-state index contributed by atoms with van der Waals surface area (Å²) in [6.07, 6.45) is -1.82. The number of aliphatic hydroxyl groups excluding tert-OH is 2. The van der Waals surface area contributed by atoms with Crippen molar-refractivity contribution in [3.63, 3.8) is 0 Å². The zero-order chi connectivity index (χ0) is 23.8. The third-order valence-corrected chi connectivity index (χ3v) is 6.17. The fourth-order valence-corrected chi connectivity index (χ4v) is 4.41. The summed E-state index contributed by atoms with van der Waals surface area (Å²) in [4.78, 5) is 39.5. The number of aliphatic hydroxyl groups is 2. The molecule has 178 valence electrons. The lowest BCUT2D eigenvalue weighted by molar-refractivity contribution is -0.160. The smallest absolute Gasteiger partial charge is 0.329 e. The van der Waals surface area contributed by atoms with Crippen LogP contribution in [0.2, 0.25) is 0 Å². The number of rotatable bonds is 5. The van der Waals surface area contributed by atoms with E-state index in [1.54, 1.807) is 0 Å². The number of nitrogen functional groups attached to an aromatic ring is 1. The van der Waals surface area contributed by atoms with Crippen molar-refractivity contribution in [2.24, 2.45) is 0 Å². The van der Waals surface area contributed by atoms with Gasteiger partial charge >= 0.3 is 5.97 Å². The van der Waals surface area contributed by atoms with Crippen molar-refractivity contribution in [1.82, 2.24) is 24.4 Å². The lowest BCUT2D eigenvalue weighted by Gasteiger charge is -2.26. The third-order valence-electron chi connectivity index (χ3n) is 6.17. The van der Waals surface area contributed by atoms with Crippen LogP contribution in [0, 0.1) is 0 Å². The van der Waals surface area contributed by atoms with E-state index < -0.39 is 42.5 Å². The van der Waals surface area contributed by atoms with E-state index in [2.05, 4.69) is 15.0 Å². The molecule has 0 bridgehead atoms. The Kier molecular flexibility index (Phi) is 5.86. The number of nitrogens with zero attached hydrogens (tertiary/aromatic N) is 5. The van der Waals surface area contributed by atoms with Crippen LogP contribution in [0.25, 0.3) is 11.2 Å². The van der Waals surface area contributed by atoms with Gasteiger partial charge in [0.25, 0.3) is 5.91 Å². The van der Waals surface area contributed by atoms with Gasteiger partial charge in [0, 0.05) is 6.54 Å². The number of hydrogen-bond donors (Lipinski definition) is 3. The number of aromatic nitrogens is 4. The van der Waals surface area contributed by atoms with Crippen LogP contribution in [0.1, 0.15) is 24.6 Å². The second-order valence-electron chi connectivity index (χ2n) is 8.29. The van der Waals surface area contributed by atoms with E-state index in [0.717, 1.165) is 5.56 Å². The van der Waals surface area contributed by atoms with Gasteiger partial charge in [-0.1, -0.05) is 30.3 Å². The van der Waals surface area contributed by atoms with Crippen molar-refractivity contribution in [2.45, 2.75) is 50.0 Å². The molecule has 1 aromatic carbocycles. The van der Waals surface area contributed by atoms with Gasteiger partial charge < -0.3 is 30.3 Å². The second-order valence-corrected chi connectivity index (χ2v) is 8.29. The second kappa shape index (κ2) is 8.97. The van der Waals surface area contributed by atoms with E-state index >= 15 is 0 Å². The van der Waals surface area contributed by atoms with Crippen LogP contribution >= 0.6 is 0 Å². The molecule has 2 fully saturated rings. The Morgan fingerprint density at radius 1 is 1.15 bits per heavy atom. The predicted octanol–water partition coefficient (Wildman–Crippen LogP) is -0.238. The molecule has 12 heteroatoms. The maximum absolute atomic E-state index is 13.3. The molecule has 0 unspecified atom stereocenters. The number of amides is 1.